The third-order valence-electron chi connectivity index (χ3n) is 5.30. The second kappa shape index (κ2) is 9.58. The maximum atomic E-state index is 14.1. The van der Waals surface area contributed by atoms with Crippen molar-refractivity contribution >= 4 is 28.4 Å². The highest BCUT2D eigenvalue weighted by Gasteiger charge is 2.35. The fourth-order valence-corrected chi connectivity index (χ4v) is 3.86. The molecule has 0 spiro atoms. The Bertz CT molecular complexity index is 1350. The van der Waals surface area contributed by atoms with Crippen LogP contribution >= 0.6 is 11.6 Å². The number of nitrogens with zero attached hydrogens (tertiary/aromatic N) is 2. The average molecular weight is 506 g/mol. The molecule has 182 valence electrons. The fourth-order valence-electron chi connectivity index (χ4n) is 3.63. The number of fused-ring (bicyclic) bond motifs is 1. The van der Waals surface area contributed by atoms with Crippen LogP contribution in [0.2, 0.25) is 5.02 Å². The van der Waals surface area contributed by atoms with Gasteiger partial charge in [-0.3, -0.25) is 4.79 Å². The van der Waals surface area contributed by atoms with Crippen molar-refractivity contribution in [1.29, 1.82) is 0 Å². The smallest absolute Gasteiger partial charge is 0.321 e. The number of carbonyl (C=O) groups excluding carboxylic acids is 1. The standard InChI is InChI=1S/C25H20ClF4N3O2/c1-14(32-24(34)25(2,29)30)23(15-9-17(26)12-19(28)10-15)35-21-7-8-22-16(11-21)13-31-33(22)20-5-3-18(27)4-6-20/h3-14,23H,1-2H3,(H,32,34). The van der Waals surface area contributed by atoms with E-state index < -0.39 is 29.8 Å². The molecule has 0 aliphatic rings. The molecule has 4 rings (SSSR count). The van der Waals surface area contributed by atoms with E-state index in [4.69, 9.17) is 16.3 Å². The Kier molecular flexibility index (Phi) is 6.71. The molecule has 0 fully saturated rings. The van der Waals surface area contributed by atoms with Crippen LogP contribution in [0.4, 0.5) is 17.6 Å². The molecule has 4 aromatic rings. The Labute approximate surface area is 203 Å². The molecule has 2 unspecified atom stereocenters. The summed E-state index contributed by atoms with van der Waals surface area (Å²) in [5.74, 6) is -5.78. The van der Waals surface area contributed by atoms with E-state index in [0.717, 1.165) is 12.1 Å². The van der Waals surface area contributed by atoms with Gasteiger partial charge >= 0.3 is 5.92 Å². The zero-order chi connectivity index (χ0) is 25.3. The van der Waals surface area contributed by atoms with Crippen LogP contribution in [0, 0.1) is 11.6 Å². The largest absolute Gasteiger partial charge is 0.484 e. The molecule has 0 radical (unpaired) electrons. The summed E-state index contributed by atoms with van der Waals surface area (Å²) in [6.07, 6.45) is 0.543. The van der Waals surface area contributed by atoms with Crippen molar-refractivity contribution in [2.24, 2.45) is 0 Å². The topological polar surface area (TPSA) is 56.1 Å². The summed E-state index contributed by atoms with van der Waals surface area (Å²) in [5.41, 5.74) is 1.62. The Morgan fingerprint density at radius 3 is 2.43 bits per heavy atom. The van der Waals surface area contributed by atoms with E-state index in [1.165, 1.54) is 25.1 Å². The first kappa shape index (κ1) is 24.5. The number of benzene rings is 3. The molecule has 2 atom stereocenters. The highest BCUT2D eigenvalue weighted by atomic mass is 35.5. The summed E-state index contributed by atoms with van der Waals surface area (Å²) in [7, 11) is 0. The Hall–Kier alpha value is -3.59. The number of hydrogen-bond acceptors (Lipinski definition) is 3. The van der Waals surface area contributed by atoms with Gasteiger partial charge in [-0.05, 0) is 73.2 Å². The average Bonchev–Trinajstić information content (AvgIpc) is 3.19. The first-order valence-corrected chi connectivity index (χ1v) is 10.9. The lowest BCUT2D eigenvalue weighted by Crippen LogP contribution is -2.46. The van der Waals surface area contributed by atoms with E-state index in [9.17, 15) is 22.4 Å². The molecule has 35 heavy (non-hydrogen) atoms. The number of ether oxygens (including phenoxy) is 1. The van der Waals surface area contributed by atoms with Gasteiger partial charge in [-0.15, -0.1) is 0 Å². The summed E-state index contributed by atoms with van der Waals surface area (Å²) in [6.45, 7) is 1.95. The van der Waals surface area contributed by atoms with Gasteiger partial charge in [0.05, 0.1) is 23.4 Å². The molecule has 10 heteroatoms. The van der Waals surface area contributed by atoms with Crippen LogP contribution in [-0.4, -0.2) is 27.7 Å². The predicted molar refractivity (Wildman–Crippen MR) is 124 cm³/mol. The van der Waals surface area contributed by atoms with Gasteiger partial charge in [-0.2, -0.15) is 13.9 Å². The number of halogens is 5. The van der Waals surface area contributed by atoms with Crippen LogP contribution in [0.15, 0.2) is 66.9 Å². The first-order chi connectivity index (χ1) is 16.5. The van der Waals surface area contributed by atoms with Crippen LogP contribution in [0.5, 0.6) is 5.75 Å². The quantitative estimate of drug-likeness (QED) is 0.303. The summed E-state index contributed by atoms with van der Waals surface area (Å²) in [5, 5.41) is 7.32. The molecule has 0 saturated heterocycles. The molecule has 1 amide bonds. The van der Waals surface area contributed by atoms with Gasteiger partial charge < -0.3 is 10.1 Å². The van der Waals surface area contributed by atoms with E-state index in [2.05, 4.69) is 10.4 Å². The summed E-state index contributed by atoms with van der Waals surface area (Å²) < 4.78 is 61.9. The van der Waals surface area contributed by atoms with Gasteiger partial charge in [0, 0.05) is 17.3 Å². The lowest BCUT2D eigenvalue weighted by Gasteiger charge is -2.27. The van der Waals surface area contributed by atoms with Gasteiger partial charge in [0.1, 0.15) is 23.5 Å². The second-order valence-electron chi connectivity index (χ2n) is 8.15. The molecular weight excluding hydrogens is 486 g/mol. The maximum absolute atomic E-state index is 14.1. The Morgan fingerprint density at radius 1 is 1.06 bits per heavy atom. The SMILES string of the molecule is CC(NC(=O)C(C)(F)F)C(Oc1ccc2c(cnn2-c2ccc(F)cc2)c1)c1cc(F)cc(Cl)c1. The van der Waals surface area contributed by atoms with Crippen molar-refractivity contribution in [1.82, 2.24) is 15.1 Å². The third kappa shape index (κ3) is 5.57. The van der Waals surface area contributed by atoms with Crippen molar-refractivity contribution in [3.05, 3.63) is 89.1 Å². The molecule has 1 heterocycles. The predicted octanol–water partition coefficient (Wildman–Crippen LogP) is 6.24. The molecular formula is C25H20ClF4N3O2. The Morgan fingerprint density at radius 2 is 1.77 bits per heavy atom. The molecule has 0 saturated carbocycles. The lowest BCUT2D eigenvalue weighted by atomic mass is 10.0. The van der Waals surface area contributed by atoms with Crippen molar-refractivity contribution in [3.63, 3.8) is 0 Å². The molecule has 5 nitrogen and oxygen atoms in total. The van der Waals surface area contributed by atoms with Crippen LogP contribution in [0.25, 0.3) is 16.6 Å². The van der Waals surface area contributed by atoms with Crippen molar-refractivity contribution in [2.75, 3.05) is 0 Å². The highest BCUT2D eigenvalue weighted by Crippen LogP contribution is 2.31. The van der Waals surface area contributed by atoms with Gasteiger partial charge in [-0.25, -0.2) is 13.5 Å². The van der Waals surface area contributed by atoms with E-state index >= 15 is 0 Å². The number of hydrogen-bond donors (Lipinski definition) is 1. The minimum absolute atomic E-state index is 0.0870. The minimum atomic E-state index is -3.60. The summed E-state index contributed by atoms with van der Waals surface area (Å²) >= 11 is 5.99. The Balaban J connectivity index is 1.67. The zero-order valence-electron chi connectivity index (χ0n) is 18.6. The van der Waals surface area contributed by atoms with E-state index in [-0.39, 0.29) is 16.4 Å². The summed E-state index contributed by atoms with van der Waals surface area (Å²) in [6, 6.07) is 13.6. The van der Waals surface area contributed by atoms with Gasteiger partial charge in [0.15, 0.2) is 0 Å². The zero-order valence-corrected chi connectivity index (χ0v) is 19.4. The lowest BCUT2D eigenvalue weighted by molar-refractivity contribution is -0.144. The number of carbonyl (C=O) groups is 1. The van der Waals surface area contributed by atoms with Gasteiger partial charge in [0.25, 0.3) is 5.91 Å². The molecule has 3 aromatic carbocycles. The van der Waals surface area contributed by atoms with Crippen LogP contribution in [-0.2, 0) is 4.79 Å². The molecule has 1 N–H and O–H groups in total. The molecule has 0 bridgehead atoms. The van der Waals surface area contributed by atoms with E-state index in [1.54, 1.807) is 41.2 Å². The molecule has 0 aliphatic carbocycles. The van der Waals surface area contributed by atoms with Crippen molar-refractivity contribution in [2.45, 2.75) is 31.9 Å². The van der Waals surface area contributed by atoms with Crippen molar-refractivity contribution in [3.8, 4) is 11.4 Å². The first-order valence-electron chi connectivity index (χ1n) is 10.6. The number of rotatable bonds is 7. The van der Waals surface area contributed by atoms with Gasteiger partial charge in [-0.1, -0.05) is 11.6 Å². The molecule has 0 aliphatic heterocycles. The number of aromatic nitrogens is 2. The van der Waals surface area contributed by atoms with Crippen LogP contribution in [0.1, 0.15) is 25.5 Å². The van der Waals surface area contributed by atoms with Crippen LogP contribution in [0.3, 0.4) is 0 Å². The minimum Gasteiger partial charge on any atom is -0.484 e. The number of nitrogens with one attached hydrogen (secondary N) is 1. The monoisotopic (exact) mass is 505 g/mol. The third-order valence-corrected chi connectivity index (χ3v) is 5.52. The second-order valence-corrected chi connectivity index (χ2v) is 8.58. The summed E-state index contributed by atoms with van der Waals surface area (Å²) in [4.78, 5) is 11.9. The fraction of sp³-hybridized carbons (Fsp3) is 0.200. The van der Waals surface area contributed by atoms with Gasteiger partial charge in [0.2, 0.25) is 0 Å². The maximum Gasteiger partial charge on any atom is 0.321 e. The normalized spacial score (nSPS) is 13.5. The number of amides is 1. The highest BCUT2D eigenvalue weighted by molar-refractivity contribution is 6.30. The van der Waals surface area contributed by atoms with E-state index in [0.29, 0.717) is 29.3 Å². The van der Waals surface area contributed by atoms with E-state index in [1.807, 2.05) is 0 Å². The number of alkyl halides is 2. The molecule has 1 aromatic heterocycles. The van der Waals surface area contributed by atoms with Crippen LogP contribution < -0.4 is 10.1 Å². The van der Waals surface area contributed by atoms with Crippen molar-refractivity contribution < 1.29 is 27.1 Å².